The number of hydrogen-bond acceptors (Lipinski definition) is 3. The van der Waals surface area contributed by atoms with Gasteiger partial charge in [-0.15, -0.1) is 0 Å². The van der Waals surface area contributed by atoms with Gasteiger partial charge in [-0.1, -0.05) is 12.1 Å². The zero-order valence-electron chi connectivity index (χ0n) is 11.4. The van der Waals surface area contributed by atoms with Gasteiger partial charge in [0.25, 0.3) is 0 Å². The Kier molecular flexibility index (Phi) is 4.81. The summed E-state index contributed by atoms with van der Waals surface area (Å²) >= 11 is 2.24. The van der Waals surface area contributed by atoms with E-state index in [1.807, 2.05) is 38.1 Å². The van der Waals surface area contributed by atoms with Crippen LogP contribution in [0.25, 0.3) is 0 Å². The molecule has 0 radical (unpaired) electrons. The van der Waals surface area contributed by atoms with Crippen LogP contribution in [0.5, 0.6) is 0 Å². The summed E-state index contributed by atoms with van der Waals surface area (Å²) in [7, 11) is 0. The van der Waals surface area contributed by atoms with Crippen molar-refractivity contribution in [2.45, 2.75) is 19.4 Å². The molecule has 5 heteroatoms. The van der Waals surface area contributed by atoms with Gasteiger partial charge in [-0.2, -0.15) is 0 Å². The van der Waals surface area contributed by atoms with Crippen LogP contribution in [0.3, 0.4) is 0 Å². The maximum atomic E-state index is 12.5. The molecule has 0 aliphatic carbocycles. The van der Waals surface area contributed by atoms with Crippen molar-refractivity contribution in [2.75, 3.05) is 31.5 Å². The summed E-state index contributed by atoms with van der Waals surface area (Å²) in [6.07, 6.45) is 0. The molecule has 1 aliphatic heterocycles. The summed E-state index contributed by atoms with van der Waals surface area (Å²) in [5, 5.41) is 6.35. The van der Waals surface area contributed by atoms with Gasteiger partial charge in [0.05, 0.1) is 11.2 Å². The third kappa shape index (κ3) is 3.46. The first-order valence-corrected chi connectivity index (χ1v) is 7.61. The van der Waals surface area contributed by atoms with E-state index in [1.165, 1.54) is 0 Å². The molecule has 1 saturated heterocycles. The first-order valence-electron chi connectivity index (χ1n) is 6.53. The number of para-hydroxylation sites is 1. The zero-order chi connectivity index (χ0) is 13.9. The molecule has 19 heavy (non-hydrogen) atoms. The predicted molar refractivity (Wildman–Crippen MR) is 86.3 cm³/mol. The molecule has 1 aromatic carbocycles. The molecule has 1 aliphatic rings. The Morgan fingerprint density at radius 1 is 1.32 bits per heavy atom. The van der Waals surface area contributed by atoms with Crippen LogP contribution in [0.15, 0.2) is 24.3 Å². The molecule has 2 rings (SSSR count). The minimum atomic E-state index is -0.485. The van der Waals surface area contributed by atoms with Gasteiger partial charge in [0, 0.05) is 29.7 Å². The van der Waals surface area contributed by atoms with Gasteiger partial charge in [0.15, 0.2) is 0 Å². The molecule has 0 spiro atoms. The lowest BCUT2D eigenvalue weighted by molar-refractivity contribution is -0.126. The number of piperazine rings is 1. The third-order valence-electron chi connectivity index (χ3n) is 3.59. The minimum Gasteiger partial charge on any atom is -0.324 e. The highest BCUT2D eigenvalue weighted by atomic mass is 127. The SMILES string of the molecule is CC(C)(C(=O)Nc1ccccc1I)N1CCNCC1. The van der Waals surface area contributed by atoms with Gasteiger partial charge < -0.3 is 10.6 Å². The number of anilines is 1. The average Bonchev–Trinajstić information content (AvgIpc) is 2.42. The molecule has 1 aromatic rings. The van der Waals surface area contributed by atoms with E-state index in [1.54, 1.807) is 0 Å². The van der Waals surface area contributed by atoms with Crippen LogP contribution in [-0.4, -0.2) is 42.5 Å². The summed E-state index contributed by atoms with van der Waals surface area (Å²) in [5.74, 6) is 0.0542. The maximum Gasteiger partial charge on any atom is 0.244 e. The average molecular weight is 373 g/mol. The first kappa shape index (κ1) is 14.7. The molecule has 0 atom stereocenters. The lowest BCUT2D eigenvalue weighted by atomic mass is 10.0. The molecule has 104 valence electrons. The monoisotopic (exact) mass is 373 g/mol. The second kappa shape index (κ2) is 6.19. The van der Waals surface area contributed by atoms with E-state index in [0.29, 0.717) is 0 Å². The molecule has 0 unspecified atom stereocenters. The molecule has 2 N–H and O–H groups in total. The van der Waals surface area contributed by atoms with Crippen molar-refractivity contribution >= 4 is 34.2 Å². The number of rotatable bonds is 3. The number of benzene rings is 1. The fraction of sp³-hybridized carbons (Fsp3) is 0.500. The molecule has 0 aromatic heterocycles. The number of nitrogens with one attached hydrogen (secondary N) is 2. The minimum absolute atomic E-state index is 0.0542. The number of carbonyl (C=O) groups is 1. The molecule has 1 amide bonds. The smallest absolute Gasteiger partial charge is 0.244 e. The fourth-order valence-electron chi connectivity index (χ4n) is 2.21. The third-order valence-corrected chi connectivity index (χ3v) is 4.53. The highest BCUT2D eigenvalue weighted by Crippen LogP contribution is 2.21. The van der Waals surface area contributed by atoms with Crippen LogP contribution in [0.1, 0.15) is 13.8 Å². The number of hydrogen-bond donors (Lipinski definition) is 2. The largest absolute Gasteiger partial charge is 0.324 e. The second-order valence-electron chi connectivity index (χ2n) is 5.23. The molecule has 1 fully saturated rings. The molecule has 0 saturated carbocycles. The Morgan fingerprint density at radius 2 is 1.95 bits per heavy atom. The van der Waals surface area contributed by atoms with Crippen LogP contribution in [0, 0.1) is 3.57 Å². The van der Waals surface area contributed by atoms with Crippen molar-refractivity contribution in [1.29, 1.82) is 0 Å². The van der Waals surface area contributed by atoms with Crippen LogP contribution in [-0.2, 0) is 4.79 Å². The number of carbonyl (C=O) groups excluding carboxylic acids is 1. The van der Waals surface area contributed by atoms with E-state index in [4.69, 9.17) is 0 Å². The molecule has 1 heterocycles. The molecule has 4 nitrogen and oxygen atoms in total. The van der Waals surface area contributed by atoms with Gasteiger partial charge in [0.1, 0.15) is 0 Å². The fourth-order valence-corrected chi connectivity index (χ4v) is 2.73. The van der Waals surface area contributed by atoms with Crippen LogP contribution < -0.4 is 10.6 Å². The van der Waals surface area contributed by atoms with Gasteiger partial charge in [-0.3, -0.25) is 9.69 Å². The highest BCUT2D eigenvalue weighted by Gasteiger charge is 2.35. The van der Waals surface area contributed by atoms with E-state index in [-0.39, 0.29) is 5.91 Å². The van der Waals surface area contributed by atoms with Crippen molar-refractivity contribution < 1.29 is 4.79 Å². The van der Waals surface area contributed by atoms with Crippen molar-refractivity contribution in [2.24, 2.45) is 0 Å². The van der Waals surface area contributed by atoms with Crippen molar-refractivity contribution in [3.05, 3.63) is 27.8 Å². The highest BCUT2D eigenvalue weighted by molar-refractivity contribution is 14.1. The Bertz CT molecular complexity index is 456. The van der Waals surface area contributed by atoms with E-state index < -0.39 is 5.54 Å². The summed E-state index contributed by atoms with van der Waals surface area (Å²) < 4.78 is 1.06. The zero-order valence-corrected chi connectivity index (χ0v) is 13.5. The van der Waals surface area contributed by atoms with Gasteiger partial charge in [-0.25, -0.2) is 0 Å². The van der Waals surface area contributed by atoms with Crippen LogP contribution in [0.2, 0.25) is 0 Å². The summed E-state index contributed by atoms with van der Waals surface area (Å²) in [5.41, 5.74) is 0.400. The van der Waals surface area contributed by atoms with E-state index in [0.717, 1.165) is 35.4 Å². The molecular weight excluding hydrogens is 353 g/mol. The van der Waals surface area contributed by atoms with Gasteiger partial charge in [0.2, 0.25) is 5.91 Å². The number of amides is 1. The Morgan fingerprint density at radius 3 is 2.58 bits per heavy atom. The summed E-state index contributed by atoms with van der Waals surface area (Å²) in [4.78, 5) is 14.7. The lowest BCUT2D eigenvalue weighted by Crippen LogP contribution is -2.58. The normalized spacial score (nSPS) is 17.2. The van der Waals surface area contributed by atoms with Crippen molar-refractivity contribution in [3.63, 3.8) is 0 Å². The second-order valence-corrected chi connectivity index (χ2v) is 6.39. The Labute approximate surface area is 128 Å². The van der Waals surface area contributed by atoms with Gasteiger partial charge >= 0.3 is 0 Å². The summed E-state index contributed by atoms with van der Waals surface area (Å²) in [6, 6.07) is 7.84. The first-order chi connectivity index (χ1) is 9.01. The van der Waals surface area contributed by atoms with E-state index in [9.17, 15) is 4.79 Å². The molecule has 0 bridgehead atoms. The van der Waals surface area contributed by atoms with Gasteiger partial charge in [-0.05, 0) is 48.6 Å². The van der Waals surface area contributed by atoms with Crippen LogP contribution >= 0.6 is 22.6 Å². The Balaban J connectivity index is 2.08. The standard InChI is InChI=1S/C14H20IN3O/c1-14(2,18-9-7-16-8-10-18)13(19)17-12-6-4-3-5-11(12)15/h3-6,16H,7-10H2,1-2H3,(H,17,19). The number of nitrogens with zero attached hydrogens (tertiary/aromatic N) is 1. The maximum absolute atomic E-state index is 12.5. The van der Waals surface area contributed by atoms with E-state index in [2.05, 4.69) is 38.1 Å². The Hall–Kier alpha value is -0.660. The lowest BCUT2D eigenvalue weighted by Gasteiger charge is -2.39. The van der Waals surface area contributed by atoms with Crippen molar-refractivity contribution in [1.82, 2.24) is 10.2 Å². The van der Waals surface area contributed by atoms with E-state index >= 15 is 0 Å². The predicted octanol–water partition coefficient (Wildman–Crippen LogP) is 1.91. The quantitative estimate of drug-likeness (QED) is 0.796. The topological polar surface area (TPSA) is 44.4 Å². The number of halogens is 1. The van der Waals surface area contributed by atoms with Crippen molar-refractivity contribution in [3.8, 4) is 0 Å². The van der Waals surface area contributed by atoms with Crippen LogP contribution in [0.4, 0.5) is 5.69 Å². The summed E-state index contributed by atoms with van der Waals surface area (Å²) in [6.45, 7) is 7.69. The molecular formula is C14H20IN3O.